The van der Waals surface area contributed by atoms with Crippen molar-refractivity contribution in [2.24, 2.45) is 0 Å². The van der Waals surface area contributed by atoms with Gasteiger partial charge in [0.2, 0.25) is 5.16 Å². The van der Waals surface area contributed by atoms with Crippen LogP contribution in [0.15, 0.2) is 36.0 Å². The normalized spacial score (nSPS) is 16.0. The molecule has 7 heteroatoms. The van der Waals surface area contributed by atoms with E-state index in [0.717, 1.165) is 18.6 Å². The third kappa shape index (κ3) is 2.69. The van der Waals surface area contributed by atoms with Crippen molar-refractivity contribution in [1.82, 2.24) is 14.9 Å². The van der Waals surface area contributed by atoms with Crippen molar-refractivity contribution in [1.29, 1.82) is 0 Å². The fraction of sp³-hybridized carbons (Fsp3) is 0.353. The topological polar surface area (TPSA) is 60.3 Å². The molecule has 2 aliphatic rings. The minimum atomic E-state index is 0.0194. The predicted octanol–water partition coefficient (Wildman–Crippen LogP) is 2.10. The Balaban J connectivity index is 1.54. The SMILES string of the molecule is C=CCN1C(=O)CSc2nnc(COc3ccc4c(c3)CCC4)n21. The summed E-state index contributed by atoms with van der Waals surface area (Å²) in [6, 6.07) is 6.25. The monoisotopic (exact) mass is 342 g/mol. The molecule has 24 heavy (non-hydrogen) atoms. The van der Waals surface area contributed by atoms with Crippen molar-refractivity contribution in [2.45, 2.75) is 31.0 Å². The van der Waals surface area contributed by atoms with Gasteiger partial charge < -0.3 is 4.74 Å². The molecule has 0 saturated carbocycles. The highest BCUT2D eigenvalue weighted by Crippen LogP contribution is 2.27. The minimum Gasteiger partial charge on any atom is -0.486 e. The van der Waals surface area contributed by atoms with Gasteiger partial charge in [0.15, 0.2) is 5.82 Å². The maximum absolute atomic E-state index is 12.1. The van der Waals surface area contributed by atoms with Crippen molar-refractivity contribution >= 4 is 17.7 Å². The van der Waals surface area contributed by atoms with E-state index in [-0.39, 0.29) is 12.5 Å². The van der Waals surface area contributed by atoms with Crippen LogP contribution in [0.1, 0.15) is 23.4 Å². The fourth-order valence-corrected chi connectivity index (χ4v) is 3.95. The zero-order valence-electron chi connectivity index (χ0n) is 13.3. The summed E-state index contributed by atoms with van der Waals surface area (Å²) in [6.07, 6.45) is 5.18. The Morgan fingerprint density at radius 1 is 1.29 bits per heavy atom. The molecule has 0 fully saturated rings. The highest BCUT2D eigenvalue weighted by atomic mass is 32.2. The first-order valence-corrected chi connectivity index (χ1v) is 8.98. The fourth-order valence-electron chi connectivity index (χ4n) is 3.12. The van der Waals surface area contributed by atoms with Crippen molar-refractivity contribution in [3.8, 4) is 5.75 Å². The maximum Gasteiger partial charge on any atom is 0.252 e. The summed E-state index contributed by atoms with van der Waals surface area (Å²) in [5, 5.41) is 10.7. The Labute approximate surface area is 144 Å². The third-order valence-electron chi connectivity index (χ3n) is 4.27. The van der Waals surface area contributed by atoms with Crippen molar-refractivity contribution < 1.29 is 9.53 Å². The number of hydrogen-bond donors (Lipinski definition) is 0. The number of rotatable bonds is 5. The van der Waals surface area contributed by atoms with Crippen molar-refractivity contribution in [2.75, 3.05) is 17.3 Å². The van der Waals surface area contributed by atoms with E-state index in [1.807, 2.05) is 6.07 Å². The number of carbonyl (C=O) groups excluding carboxylic acids is 1. The van der Waals surface area contributed by atoms with Gasteiger partial charge in [0.1, 0.15) is 12.4 Å². The number of thioether (sulfide) groups is 1. The Hall–Kier alpha value is -2.28. The Bertz CT molecular complexity index is 802. The highest BCUT2D eigenvalue weighted by Gasteiger charge is 2.28. The lowest BCUT2D eigenvalue weighted by Crippen LogP contribution is -2.45. The number of nitrogens with zero attached hydrogens (tertiary/aromatic N) is 4. The summed E-state index contributed by atoms with van der Waals surface area (Å²) in [5.74, 6) is 1.84. The number of hydrogen-bond acceptors (Lipinski definition) is 5. The minimum absolute atomic E-state index is 0.0194. The molecule has 0 spiro atoms. The number of carbonyl (C=O) groups is 1. The highest BCUT2D eigenvalue weighted by molar-refractivity contribution is 7.99. The molecule has 0 saturated heterocycles. The van der Waals surface area contributed by atoms with Gasteiger partial charge in [-0.1, -0.05) is 23.9 Å². The van der Waals surface area contributed by atoms with E-state index >= 15 is 0 Å². The van der Waals surface area contributed by atoms with Crippen LogP contribution in [0.4, 0.5) is 0 Å². The second-order valence-corrected chi connectivity index (χ2v) is 6.78. The first-order valence-electron chi connectivity index (χ1n) is 7.99. The van der Waals surface area contributed by atoms with Gasteiger partial charge in [-0.05, 0) is 42.5 Å². The van der Waals surface area contributed by atoms with Crippen LogP contribution >= 0.6 is 11.8 Å². The van der Waals surface area contributed by atoms with E-state index in [2.05, 4.69) is 28.9 Å². The first kappa shape index (κ1) is 15.3. The molecule has 1 aliphatic carbocycles. The molecule has 0 atom stereocenters. The number of amides is 1. The molecule has 0 radical (unpaired) electrons. The van der Waals surface area contributed by atoms with E-state index in [0.29, 0.717) is 23.3 Å². The van der Waals surface area contributed by atoms with Crippen molar-refractivity contribution in [3.05, 3.63) is 47.8 Å². The molecule has 0 bridgehead atoms. The molecule has 124 valence electrons. The lowest BCUT2D eigenvalue weighted by Gasteiger charge is -2.27. The van der Waals surface area contributed by atoms with Gasteiger partial charge in [0.25, 0.3) is 5.91 Å². The van der Waals surface area contributed by atoms with Crippen LogP contribution in [0.2, 0.25) is 0 Å². The van der Waals surface area contributed by atoms with Crippen LogP contribution in [0.5, 0.6) is 5.75 Å². The molecule has 0 N–H and O–H groups in total. The standard InChI is InChI=1S/C17H18N4O2S/c1-2-8-20-16(22)11-24-17-19-18-15(21(17)20)10-23-14-7-6-12-4-3-5-13(12)9-14/h2,6-7,9H,1,3-5,8,10-11H2. The largest absolute Gasteiger partial charge is 0.486 e. The van der Waals surface area contributed by atoms with Crippen LogP contribution in [-0.4, -0.2) is 33.1 Å². The van der Waals surface area contributed by atoms with E-state index in [9.17, 15) is 4.79 Å². The molecule has 1 aromatic carbocycles. The summed E-state index contributed by atoms with van der Waals surface area (Å²) < 4.78 is 7.65. The zero-order chi connectivity index (χ0) is 16.5. The number of fused-ring (bicyclic) bond motifs is 2. The van der Waals surface area contributed by atoms with E-state index in [4.69, 9.17) is 4.74 Å². The Kier molecular flexibility index (Phi) is 4.02. The first-order chi connectivity index (χ1) is 11.8. The Morgan fingerprint density at radius 3 is 3.04 bits per heavy atom. The third-order valence-corrected chi connectivity index (χ3v) is 5.17. The molecule has 1 amide bonds. The predicted molar refractivity (Wildman–Crippen MR) is 91.8 cm³/mol. The average Bonchev–Trinajstić information content (AvgIpc) is 3.21. The molecular weight excluding hydrogens is 324 g/mol. The van der Waals surface area contributed by atoms with Crippen LogP contribution in [0, 0.1) is 0 Å². The second kappa shape index (κ2) is 6.32. The van der Waals surface area contributed by atoms with Gasteiger partial charge >= 0.3 is 0 Å². The second-order valence-electron chi connectivity index (χ2n) is 5.84. The van der Waals surface area contributed by atoms with Crippen molar-refractivity contribution in [3.63, 3.8) is 0 Å². The molecule has 2 heterocycles. The summed E-state index contributed by atoms with van der Waals surface area (Å²) in [7, 11) is 0. The summed E-state index contributed by atoms with van der Waals surface area (Å²) in [4.78, 5) is 12.1. The quantitative estimate of drug-likeness (QED) is 0.779. The molecule has 1 aliphatic heterocycles. The number of ether oxygens (including phenoxy) is 1. The van der Waals surface area contributed by atoms with E-state index < -0.39 is 0 Å². The van der Waals surface area contributed by atoms with Gasteiger partial charge in [0.05, 0.1) is 12.3 Å². The van der Waals surface area contributed by atoms with Gasteiger partial charge in [0, 0.05) is 0 Å². The molecular formula is C17H18N4O2S. The van der Waals surface area contributed by atoms with Gasteiger partial charge in [-0.2, -0.15) is 0 Å². The van der Waals surface area contributed by atoms with Crippen LogP contribution < -0.4 is 9.75 Å². The molecule has 0 unspecified atom stereocenters. The van der Waals surface area contributed by atoms with E-state index in [1.165, 1.54) is 29.3 Å². The van der Waals surface area contributed by atoms with Crippen LogP contribution in [0.3, 0.4) is 0 Å². The Morgan fingerprint density at radius 2 is 2.17 bits per heavy atom. The van der Waals surface area contributed by atoms with Gasteiger partial charge in [-0.3, -0.25) is 4.79 Å². The molecule has 6 nitrogen and oxygen atoms in total. The van der Waals surface area contributed by atoms with Gasteiger partial charge in [-0.25, -0.2) is 9.69 Å². The number of aryl methyl sites for hydroxylation is 2. The summed E-state index contributed by atoms with van der Waals surface area (Å²) in [5.41, 5.74) is 2.79. The molecule has 1 aromatic heterocycles. The van der Waals surface area contributed by atoms with Crippen LogP contribution in [0.25, 0.3) is 0 Å². The summed E-state index contributed by atoms with van der Waals surface area (Å²) in [6.45, 7) is 4.41. The molecule has 2 aromatic rings. The smallest absolute Gasteiger partial charge is 0.252 e. The molecule has 4 rings (SSSR count). The number of benzene rings is 1. The average molecular weight is 342 g/mol. The lowest BCUT2D eigenvalue weighted by molar-refractivity contribution is -0.117. The zero-order valence-corrected chi connectivity index (χ0v) is 14.1. The number of aromatic nitrogens is 3. The maximum atomic E-state index is 12.1. The van der Waals surface area contributed by atoms with Crippen LogP contribution in [-0.2, 0) is 24.2 Å². The van der Waals surface area contributed by atoms with E-state index in [1.54, 1.807) is 15.8 Å². The van der Waals surface area contributed by atoms with Gasteiger partial charge in [-0.15, -0.1) is 16.8 Å². The lowest BCUT2D eigenvalue weighted by atomic mass is 10.1. The summed E-state index contributed by atoms with van der Waals surface area (Å²) >= 11 is 1.39.